The number of rotatable bonds is 4. The van der Waals surface area contributed by atoms with Crippen molar-refractivity contribution in [3.05, 3.63) is 152 Å². The predicted molar refractivity (Wildman–Crippen MR) is 183 cm³/mol. The third-order valence-corrected chi connectivity index (χ3v) is 8.85. The van der Waals surface area contributed by atoms with E-state index in [4.69, 9.17) is 0 Å². The van der Waals surface area contributed by atoms with E-state index < -0.39 is 0 Å². The van der Waals surface area contributed by atoms with Crippen molar-refractivity contribution in [3.63, 3.8) is 0 Å². The van der Waals surface area contributed by atoms with E-state index in [0.29, 0.717) is 0 Å². The van der Waals surface area contributed by atoms with E-state index >= 15 is 0 Å². The average Bonchev–Trinajstić information content (AvgIpc) is 3.11. The van der Waals surface area contributed by atoms with Gasteiger partial charge in [-0.1, -0.05) is 60.7 Å². The molecule has 3 heterocycles. The van der Waals surface area contributed by atoms with E-state index in [9.17, 15) is 0 Å². The minimum absolute atomic E-state index is 1.01. The van der Waals surface area contributed by atoms with Crippen molar-refractivity contribution in [2.45, 2.75) is 0 Å². The van der Waals surface area contributed by atoms with Crippen LogP contribution in [0.2, 0.25) is 0 Å². The molecule has 9 aromatic rings. The molecule has 0 unspecified atom stereocenters. The van der Waals surface area contributed by atoms with Crippen molar-refractivity contribution in [2.24, 2.45) is 0 Å². The SMILES string of the molecule is c1cnc2ccc(-c3ccc4ccc5ccc(-c6cc(-c7ccncc7)cc(-c7ccncc7)c6)c6ccc3c4c56)cc2c1. The highest BCUT2D eigenvalue weighted by Gasteiger charge is 2.16. The molecule has 0 spiro atoms. The van der Waals surface area contributed by atoms with Crippen LogP contribution >= 0.6 is 0 Å². The normalized spacial score (nSPS) is 11.6. The summed E-state index contributed by atoms with van der Waals surface area (Å²) in [6.45, 7) is 0. The highest BCUT2D eigenvalue weighted by Crippen LogP contribution is 2.43. The lowest BCUT2D eigenvalue weighted by Gasteiger charge is -2.18. The number of nitrogens with zero attached hydrogens (tertiary/aromatic N) is 3. The van der Waals surface area contributed by atoms with Gasteiger partial charge in [0.1, 0.15) is 0 Å². The van der Waals surface area contributed by atoms with E-state index in [0.717, 1.165) is 33.2 Å². The summed E-state index contributed by atoms with van der Waals surface area (Å²) < 4.78 is 0. The number of hydrogen-bond acceptors (Lipinski definition) is 3. The highest BCUT2D eigenvalue weighted by molar-refractivity contribution is 6.27. The van der Waals surface area contributed by atoms with Crippen LogP contribution in [0.25, 0.3) is 87.7 Å². The number of pyridine rings is 3. The summed E-state index contributed by atoms with van der Waals surface area (Å²) in [7, 11) is 0. The maximum absolute atomic E-state index is 4.53. The van der Waals surface area contributed by atoms with Crippen LogP contribution in [0.4, 0.5) is 0 Å². The van der Waals surface area contributed by atoms with Crippen LogP contribution in [-0.4, -0.2) is 15.0 Å². The van der Waals surface area contributed by atoms with Gasteiger partial charge >= 0.3 is 0 Å². The minimum Gasteiger partial charge on any atom is -0.265 e. The van der Waals surface area contributed by atoms with Crippen molar-refractivity contribution in [3.8, 4) is 44.5 Å². The maximum atomic E-state index is 4.53. The summed E-state index contributed by atoms with van der Waals surface area (Å²) in [4.78, 5) is 13.0. The maximum Gasteiger partial charge on any atom is 0.0702 e. The van der Waals surface area contributed by atoms with Gasteiger partial charge in [0.25, 0.3) is 0 Å². The first-order valence-electron chi connectivity index (χ1n) is 14.8. The molecule has 0 radical (unpaired) electrons. The van der Waals surface area contributed by atoms with Gasteiger partial charge in [-0.05, 0) is 137 Å². The molecule has 0 saturated heterocycles. The van der Waals surface area contributed by atoms with E-state index in [1.807, 2.05) is 37.1 Å². The number of fused-ring (bicyclic) bond motifs is 1. The molecule has 44 heavy (non-hydrogen) atoms. The Morgan fingerprint density at radius 3 is 1.50 bits per heavy atom. The van der Waals surface area contributed by atoms with Crippen LogP contribution < -0.4 is 0 Å². The Balaban J connectivity index is 1.30. The highest BCUT2D eigenvalue weighted by atomic mass is 14.6. The molecule has 0 atom stereocenters. The van der Waals surface area contributed by atoms with Crippen molar-refractivity contribution < 1.29 is 0 Å². The van der Waals surface area contributed by atoms with Gasteiger partial charge in [0.15, 0.2) is 0 Å². The fourth-order valence-corrected chi connectivity index (χ4v) is 6.75. The lowest BCUT2D eigenvalue weighted by atomic mass is 9.86. The Kier molecular flexibility index (Phi) is 5.50. The first-order valence-corrected chi connectivity index (χ1v) is 14.8. The van der Waals surface area contributed by atoms with Gasteiger partial charge in [-0.25, -0.2) is 0 Å². The molecule has 3 heteroatoms. The quantitative estimate of drug-likeness (QED) is 0.201. The van der Waals surface area contributed by atoms with Crippen molar-refractivity contribution in [2.75, 3.05) is 0 Å². The summed E-state index contributed by atoms with van der Waals surface area (Å²) in [5, 5.41) is 8.80. The molecule has 0 aliphatic carbocycles. The fraction of sp³-hybridized carbons (Fsp3) is 0. The number of benzene rings is 6. The lowest BCUT2D eigenvalue weighted by Crippen LogP contribution is -1.91. The van der Waals surface area contributed by atoms with E-state index in [-0.39, 0.29) is 0 Å². The molecule has 6 aromatic carbocycles. The van der Waals surface area contributed by atoms with Gasteiger partial charge in [0.2, 0.25) is 0 Å². The van der Waals surface area contributed by atoms with Crippen LogP contribution in [-0.2, 0) is 0 Å². The third-order valence-electron chi connectivity index (χ3n) is 8.85. The van der Waals surface area contributed by atoms with Crippen LogP contribution in [0.5, 0.6) is 0 Å². The Bertz CT molecular complexity index is 2430. The number of aromatic nitrogens is 3. The summed E-state index contributed by atoms with van der Waals surface area (Å²) in [5.41, 5.74) is 10.5. The summed E-state index contributed by atoms with van der Waals surface area (Å²) in [6, 6.07) is 44.1. The first-order chi connectivity index (χ1) is 21.8. The largest absolute Gasteiger partial charge is 0.265 e. The van der Waals surface area contributed by atoms with Crippen molar-refractivity contribution in [1.29, 1.82) is 0 Å². The van der Waals surface area contributed by atoms with Crippen LogP contribution in [0.1, 0.15) is 0 Å². The molecule has 3 aromatic heterocycles. The molecule has 204 valence electrons. The van der Waals surface area contributed by atoms with Gasteiger partial charge in [0.05, 0.1) is 5.52 Å². The van der Waals surface area contributed by atoms with E-state index in [1.54, 1.807) is 0 Å². The standard InChI is InChI=1S/C41H25N3/c1-2-31-22-30(7-12-39(31)44-17-1)35-8-5-28-3-4-29-6-9-36(38-11-10-37(35)40(28)41(29)38)34-24-32(26-13-18-42-19-14-26)23-33(25-34)27-15-20-43-21-16-27/h1-25H. The number of hydrogen-bond donors (Lipinski definition) is 0. The Hall–Kier alpha value is -5.93. The van der Waals surface area contributed by atoms with Crippen LogP contribution in [0.15, 0.2) is 152 Å². The second kappa shape index (κ2) is 9.82. The molecule has 0 fully saturated rings. The Morgan fingerprint density at radius 1 is 0.341 bits per heavy atom. The first kappa shape index (κ1) is 24.6. The minimum atomic E-state index is 1.01. The van der Waals surface area contributed by atoms with Gasteiger partial charge in [-0.3, -0.25) is 15.0 Å². The molecule has 0 bridgehead atoms. The molecule has 0 saturated carbocycles. The van der Waals surface area contributed by atoms with E-state index in [1.165, 1.54) is 54.6 Å². The van der Waals surface area contributed by atoms with Crippen LogP contribution in [0, 0.1) is 0 Å². The second-order valence-corrected chi connectivity index (χ2v) is 11.3. The molecular weight excluding hydrogens is 534 g/mol. The zero-order valence-corrected chi connectivity index (χ0v) is 23.8. The zero-order chi connectivity index (χ0) is 29.0. The summed E-state index contributed by atoms with van der Waals surface area (Å²) in [5.74, 6) is 0. The monoisotopic (exact) mass is 559 g/mol. The molecule has 3 nitrogen and oxygen atoms in total. The smallest absolute Gasteiger partial charge is 0.0702 e. The van der Waals surface area contributed by atoms with Crippen LogP contribution in [0.3, 0.4) is 0 Å². The molecular formula is C41H25N3. The van der Waals surface area contributed by atoms with Gasteiger partial charge < -0.3 is 0 Å². The van der Waals surface area contributed by atoms with Gasteiger partial charge in [-0.15, -0.1) is 0 Å². The Labute approximate surface area is 254 Å². The predicted octanol–water partition coefficient (Wildman–Crippen LogP) is 10.6. The topological polar surface area (TPSA) is 38.7 Å². The second-order valence-electron chi connectivity index (χ2n) is 11.3. The van der Waals surface area contributed by atoms with Gasteiger partial charge in [-0.2, -0.15) is 0 Å². The van der Waals surface area contributed by atoms with E-state index in [2.05, 4.69) is 130 Å². The molecule has 0 aliphatic rings. The molecule has 9 rings (SSSR count). The third kappa shape index (κ3) is 3.94. The molecule has 0 N–H and O–H groups in total. The summed E-state index contributed by atoms with van der Waals surface area (Å²) >= 11 is 0. The molecule has 0 aliphatic heterocycles. The Morgan fingerprint density at radius 2 is 0.886 bits per heavy atom. The zero-order valence-electron chi connectivity index (χ0n) is 23.8. The summed E-state index contributed by atoms with van der Waals surface area (Å²) in [6.07, 6.45) is 9.27. The van der Waals surface area contributed by atoms with Crippen molar-refractivity contribution in [1.82, 2.24) is 15.0 Å². The average molecular weight is 560 g/mol. The molecule has 0 amide bonds. The lowest BCUT2D eigenvalue weighted by molar-refractivity contribution is 1.33. The van der Waals surface area contributed by atoms with Gasteiger partial charge in [0, 0.05) is 36.4 Å². The van der Waals surface area contributed by atoms with Crippen molar-refractivity contribution >= 4 is 43.2 Å². The fourth-order valence-electron chi connectivity index (χ4n) is 6.75.